The topological polar surface area (TPSA) is 140 Å². The van der Waals surface area contributed by atoms with Crippen LogP contribution in [0.3, 0.4) is 0 Å². The maximum Gasteiger partial charge on any atom is 0.172 e. The SMILES string of the molecule is Nc1ccc(OC(CCO)Nc2ccc(N)cc2CCO)c(N)c1. The van der Waals surface area contributed by atoms with E-state index in [-0.39, 0.29) is 13.2 Å². The summed E-state index contributed by atoms with van der Waals surface area (Å²) in [7, 11) is 0. The van der Waals surface area contributed by atoms with Crippen LogP contribution in [0, 0.1) is 0 Å². The normalized spacial score (nSPS) is 11.9. The number of benzene rings is 2. The number of aliphatic hydroxyl groups is 2. The molecule has 7 heteroatoms. The number of rotatable bonds is 8. The first-order valence-corrected chi connectivity index (χ1v) is 7.71. The molecular formula is C17H24N4O3. The fourth-order valence-corrected chi connectivity index (χ4v) is 2.36. The van der Waals surface area contributed by atoms with Crippen molar-refractivity contribution in [1.82, 2.24) is 0 Å². The Morgan fingerprint density at radius 1 is 0.958 bits per heavy atom. The standard InChI is InChI=1S/C17H24N4O3/c18-12-1-3-15(11(9-12)5-7-22)21-17(6-8-23)24-16-4-2-13(19)10-14(16)20/h1-4,9-10,17,21-23H,5-8,18-20H2. The van der Waals surface area contributed by atoms with Crippen molar-refractivity contribution >= 4 is 22.7 Å². The third-order valence-electron chi connectivity index (χ3n) is 3.52. The van der Waals surface area contributed by atoms with Crippen molar-refractivity contribution < 1.29 is 14.9 Å². The highest BCUT2D eigenvalue weighted by Gasteiger charge is 2.14. The molecule has 0 aliphatic heterocycles. The summed E-state index contributed by atoms with van der Waals surface area (Å²) >= 11 is 0. The molecule has 0 saturated carbocycles. The highest BCUT2D eigenvalue weighted by molar-refractivity contribution is 5.61. The first-order valence-electron chi connectivity index (χ1n) is 7.71. The van der Waals surface area contributed by atoms with Crippen LogP contribution < -0.4 is 27.3 Å². The third kappa shape index (κ3) is 4.68. The molecule has 24 heavy (non-hydrogen) atoms. The monoisotopic (exact) mass is 332 g/mol. The summed E-state index contributed by atoms with van der Waals surface area (Å²) < 4.78 is 5.86. The van der Waals surface area contributed by atoms with Crippen molar-refractivity contribution in [1.29, 1.82) is 0 Å². The molecule has 130 valence electrons. The molecule has 0 aromatic heterocycles. The lowest BCUT2D eigenvalue weighted by molar-refractivity contribution is 0.175. The average Bonchev–Trinajstić information content (AvgIpc) is 2.53. The van der Waals surface area contributed by atoms with Gasteiger partial charge in [0, 0.05) is 36.7 Å². The highest BCUT2D eigenvalue weighted by atomic mass is 16.5. The van der Waals surface area contributed by atoms with E-state index in [2.05, 4.69) is 5.32 Å². The van der Waals surface area contributed by atoms with E-state index in [9.17, 15) is 10.2 Å². The second kappa shape index (κ2) is 8.28. The van der Waals surface area contributed by atoms with Gasteiger partial charge in [0.1, 0.15) is 5.75 Å². The molecule has 9 N–H and O–H groups in total. The van der Waals surface area contributed by atoms with Gasteiger partial charge in [-0.25, -0.2) is 0 Å². The molecule has 0 aliphatic carbocycles. The van der Waals surface area contributed by atoms with Gasteiger partial charge >= 0.3 is 0 Å². The van der Waals surface area contributed by atoms with Crippen molar-refractivity contribution in [2.75, 3.05) is 35.7 Å². The Kier molecular flexibility index (Phi) is 6.11. The molecule has 2 aromatic rings. The van der Waals surface area contributed by atoms with Crippen molar-refractivity contribution in [3.8, 4) is 5.75 Å². The molecule has 7 nitrogen and oxygen atoms in total. The predicted octanol–water partition coefficient (Wildman–Crippen LogP) is 1.17. The van der Waals surface area contributed by atoms with Gasteiger partial charge < -0.3 is 37.5 Å². The molecular weight excluding hydrogens is 308 g/mol. The van der Waals surface area contributed by atoms with Gasteiger partial charge in [-0.05, 0) is 48.4 Å². The van der Waals surface area contributed by atoms with Crippen LogP contribution in [0.5, 0.6) is 5.75 Å². The molecule has 0 spiro atoms. The summed E-state index contributed by atoms with van der Waals surface area (Å²) in [6.45, 7) is -0.0502. The van der Waals surface area contributed by atoms with Crippen molar-refractivity contribution in [2.24, 2.45) is 0 Å². The molecule has 0 heterocycles. The van der Waals surface area contributed by atoms with Crippen molar-refractivity contribution in [3.63, 3.8) is 0 Å². The molecule has 0 bridgehead atoms. The van der Waals surface area contributed by atoms with Gasteiger partial charge in [0.05, 0.1) is 5.69 Å². The van der Waals surface area contributed by atoms with E-state index >= 15 is 0 Å². The van der Waals surface area contributed by atoms with Crippen LogP contribution in [0.25, 0.3) is 0 Å². The molecule has 0 fully saturated rings. The van der Waals surface area contributed by atoms with Crippen LogP contribution in [0.15, 0.2) is 36.4 Å². The Bertz CT molecular complexity index is 679. The zero-order valence-corrected chi connectivity index (χ0v) is 13.4. The number of nitrogen functional groups attached to an aromatic ring is 3. The smallest absolute Gasteiger partial charge is 0.172 e. The summed E-state index contributed by atoms with van der Waals surface area (Å²) in [4.78, 5) is 0. The molecule has 1 atom stereocenters. The number of anilines is 4. The fraction of sp³-hybridized carbons (Fsp3) is 0.294. The summed E-state index contributed by atoms with van der Waals surface area (Å²) in [6, 6.07) is 10.4. The maximum atomic E-state index is 9.29. The van der Waals surface area contributed by atoms with Gasteiger partial charge in [-0.3, -0.25) is 0 Å². The Labute approximate surface area is 141 Å². The van der Waals surface area contributed by atoms with Gasteiger partial charge in [0.25, 0.3) is 0 Å². The van der Waals surface area contributed by atoms with E-state index in [4.69, 9.17) is 21.9 Å². The third-order valence-corrected chi connectivity index (χ3v) is 3.52. The van der Waals surface area contributed by atoms with Crippen LogP contribution in [-0.4, -0.2) is 29.7 Å². The first-order chi connectivity index (χ1) is 11.5. The molecule has 0 saturated heterocycles. The number of hydrogen-bond donors (Lipinski definition) is 6. The number of nitrogens with one attached hydrogen (secondary N) is 1. The summed E-state index contributed by atoms with van der Waals surface area (Å²) in [5.74, 6) is 0.481. The number of nitrogens with two attached hydrogens (primary N) is 3. The van der Waals surface area contributed by atoms with Crippen LogP contribution in [-0.2, 0) is 6.42 Å². The van der Waals surface area contributed by atoms with E-state index in [1.165, 1.54) is 0 Å². The van der Waals surface area contributed by atoms with Gasteiger partial charge in [0.15, 0.2) is 6.23 Å². The van der Waals surface area contributed by atoms with Gasteiger partial charge in [-0.1, -0.05) is 0 Å². The van der Waals surface area contributed by atoms with Gasteiger partial charge in [0.2, 0.25) is 0 Å². The first kappa shape index (κ1) is 17.7. The number of hydrogen-bond acceptors (Lipinski definition) is 7. The lowest BCUT2D eigenvalue weighted by atomic mass is 10.1. The minimum atomic E-state index is -0.498. The minimum absolute atomic E-state index is 0.00850. The van der Waals surface area contributed by atoms with Crippen molar-refractivity contribution in [3.05, 3.63) is 42.0 Å². The largest absolute Gasteiger partial charge is 0.468 e. The Morgan fingerprint density at radius 2 is 1.67 bits per heavy atom. The van der Waals surface area contributed by atoms with Crippen LogP contribution in [0.1, 0.15) is 12.0 Å². The Balaban J connectivity index is 2.19. The second-order valence-corrected chi connectivity index (χ2v) is 5.45. The average molecular weight is 332 g/mol. The zero-order chi connectivity index (χ0) is 17.5. The number of ether oxygens (including phenoxy) is 1. The zero-order valence-electron chi connectivity index (χ0n) is 13.4. The fourth-order valence-electron chi connectivity index (χ4n) is 2.36. The summed E-state index contributed by atoms with van der Waals surface area (Å²) in [6.07, 6.45) is 0.317. The Morgan fingerprint density at radius 3 is 2.33 bits per heavy atom. The lowest BCUT2D eigenvalue weighted by Gasteiger charge is -2.23. The Hall–Kier alpha value is -2.64. The van der Waals surface area contributed by atoms with Gasteiger partial charge in [-0.2, -0.15) is 0 Å². The molecule has 0 amide bonds. The highest BCUT2D eigenvalue weighted by Crippen LogP contribution is 2.27. The lowest BCUT2D eigenvalue weighted by Crippen LogP contribution is -2.28. The molecule has 1 unspecified atom stereocenters. The van der Waals surface area contributed by atoms with E-state index in [1.54, 1.807) is 30.3 Å². The van der Waals surface area contributed by atoms with Crippen LogP contribution >= 0.6 is 0 Å². The second-order valence-electron chi connectivity index (χ2n) is 5.45. The molecule has 0 aliphatic rings. The van der Waals surface area contributed by atoms with E-state index in [1.807, 2.05) is 6.07 Å². The van der Waals surface area contributed by atoms with Crippen LogP contribution in [0.2, 0.25) is 0 Å². The number of aliphatic hydroxyl groups excluding tert-OH is 2. The maximum absolute atomic E-state index is 9.29. The van der Waals surface area contributed by atoms with E-state index in [0.717, 1.165) is 11.3 Å². The van der Waals surface area contributed by atoms with E-state index < -0.39 is 6.23 Å². The quantitative estimate of drug-likeness (QED) is 0.315. The summed E-state index contributed by atoms with van der Waals surface area (Å²) in [5, 5.41) is 21.7. The molecule has 0 radical (unpaired) electrons. The van der Waals surface area contributed by atoms with Gasteiger partial charge in [-0.15, -0.1) is 0 Å². The van der Waals surface area contributed by atoms with Crippen LogP contribution in [0.4, 0.5) is 22.7 Å². The van der Waals surface area contributed by atoms with E-state index in [0.29, 0.717) is 35.7 Å². The van der Waals surface area contributed by atoms with Crippen molar-refractivity contribution in [2.45, 2.75) is 19.1 Å². The molecule has 2 aromatic carbocycles. The molecule has 2 rings (SSSR count). The summed E-state index contributed by atoms with van der Waals surface area (Å²) in [5.41, 5.74) is 20.6. The predicted molar refractivity (Wildman–Crippen MR) is 96.7 cm³/mol. The minimum Gasteiger partial charge on any atom is -0.468 e.